The predicted molar refractivity (Wildman–Crippen MR) is 69.2 cm³/mol. The quantitative estimate of drug-likeness (QED) is 0.837. The Kier molecular flexibility index (Phi) is 4.99. The normalized spacial score (nSPS) is 19.8. The molecule has 5 heteroatoms. The van der Waals surface area contributed by atoms with Crippen LogP contribution in [0.15, 0.2) is 0 Å². The average molecular weight is 256 g/mol. The molecule has 1 saturated heterocycles. The molecule has 0 saturated carbocycles. The zero-order valence-electron chi connectivity index (χ0n) is 11.8. The van der Waals surface area contributed by atoms with Crippen molar-refractivity contribution >= 4 is 12.0 Å². The predicted octanol–water partition coefficient (Wildman–Crippen LogP) is 1.77. The van der Waals surface area contributed by atoms with Gasteiger partial charge in [0.15, 0.2) is 0 Å². The Labute approximate surface area is 109 Å². The highest BCUT2D eigenvalue weighted by molar-refractivity contribution is 5.82. The zero-order valence-corrected chi connectivity index (χ0v) is 11.8. The smallest absolute Gasteiger partial charge is 0.408 e. The Bertz CT molecular complexity index is 310. The second-order valence-corrected chi connectivity index (χ2v) is 5.76. The van der Waals surface area contributed by atoms with E-state index in [0.29, 0.717) is 5.92 Å². The molecule has 1 N–H and O–H groups in total. The topological polar surface area (TPSA) is 58.6 Å². The van der Waals surface area contributed by atoms with Crippen molar-refractivity contribution < 1.29 is 14.3 Å². The number of rotatable bonds is 3. The highest BCUT2D eigenvalue weighted by atomic mass is 16.6. The molecule has 0 aliphatic carbocycles. The minimum Gasteiger partial charge on any atom is -0.444 e. The summed E-state index contributed by atoms with van der Waals surface area (Å²) < 4.78 is 5.07. The Morgan fingerprint density at radius 3 is 2.56 bits per heavy atom. The first-order valence-corrected chi connectivity index (χ1v) is 6.56. The second kappa shape index (κ2) is 6.07. The number of hydrogen-bond acceptors (Lipinski definition) is 3. The van der Waals surface area contributed by atoms with Crippen molar-refractivity contribution in [3.8, 4) is 0 Å². The molecule has 0 bridgehead atoms. The largest absolute Gasteiger partial charge is 0.444 e. The van der Waals surface area contributed by atoms with E-state index in [1.54, 1.807) is 20.8 Å². The van der Waals surface area contributed by atoms with Gasteiger partial charge in [-0.15, -0.1) is 0 Å². The van der Waals surface area contributed by atoms with Gasteiger partial charge in [-0.2, -0.15) is 0 Å². The van der Waals surface area contributed by atoms with E-state index in [1.165, 1.54) is 0 Å². The first-order valence-electron chi connectivity index (χ1n) is 6.56. The fourth-order valence-corrected chi connectivity index (χ4v) is 1.97. The van der Waals surface area contributed by atoms with E-state index < -0.39 is 11.7 Å². The van der Waals surface area contributed by atoms with E-state index >= 15 is 0 Å². The van der Waals surface area contributed by atoms with E-state index in [0.717, 1.165) is 25.9 Å². The van der Waals surface area contributed by atoms with Crippen LogP contribution in [0, 0.1) is 5.92 Å². The maximum absolute atomic E-state index is 11.8. The van der Waals surface area contributed by atoms with E-state index in [9.17, 15) is 9.59 Å². The lowest BCUT2D eigenvalue weighted by atomic mass is 10.1. The molecule has 0 aromatic rings. The van der Waals surface area contributed by atoms with Gasteiger partial charge in [-0.1, -0.05) is 13.3 Å². The molecule has 5 nitrogen and oxygen atoms in total. The summed E-state index contributed by atoms with van der Waals surface area (Å²) in [7, 11) is 0. The average Bonchev–Trinajstić information content (AvgIpc) is 2.72. The molecule has 0 aromatic heterocycles. The van der Waals surface area contributed by atoms with Crippen LogP contribution < -0.4 is 5.32 Å². The lowest BCUT2D eigenvalue weighted by Crippen LogP contribution is -2.41. The number of carbonyl (C=O) groups is 2. The van der Waals surface area contributed by atoms with Gasteiger partial charge in [-0.3, -0.25) is 4.79 Å². The summed E-state index contributed by atoms with van der Waals surface area (Å²) in [5.41, 5.74) is -0.534. The number of ether oxygens (including phenoxy) is 1. The lowest BCUT2D eigenvalue weighted by molar-refractivity contribution is -0.129. The molecule has 104 valence electrons. The van der Waals surface area contributed by atoms with Crippen molar-refractivity contribution in [3.63, 3.8) is 0 Å². The summed E-state index contributed by atoms with van der Waals surface area (Å²) in [6.07, 6.45) is 1.62. The summed E-state index contributed by atoms with van der Waals surface area (Å²) in [5.74, 6) is 0.576. The molecule has 1 rings (SSSR count). The van der Waals surface area contributed by atoms with Gasteiger partial charge in [-0.05, 0) is 33.1 Å². The van der Waals surface area contributed by atoms with Crippen molar-refractivity contribution in [1.29, 1.82) is 0 Å². The van der Waals surface area contributed by atoms with Gasteiger partial charge in [-0.25, -0.2) is 4.79 Å². The van der Waals surface area contributed by atoms with Crippen molar-refractivity contribution in [2.45, 2.75) is 46.1 Å². The molecule has 0 spiro atoms. The van der Waals surface area contributed by atoms with E-state index in [-0.39, 0.29) is 12.5 Å². The summed E-state index contributed by atoms with van der Waals surface area (Å²) in [6.45, 7) is 9.14. The Morgan fingerprint density at radius 2 is 2.06 bits per heavy atom. The number of likely N-dealkylation sites (tertiary alicyclic amines) is 1. The molecule has 0 unspecified atom stereocenters. The third kappa shape index (κ3) is 4.94. The van der Waals surface area contributed by atoms with Gasteiger partial charge in [0.2, 0.25) is 5.91 Å². The standard InChI is InChI=1S/C13H24N2O3/c1-5-10-6-7-15(9-10)11(16)8-14-12(17)18-13(2,3)4/h10H,5-9H2,1-4H3,(H,14,17)/t10-/m1/s1. The van der Waals surface area contributed by atoms with E-state index in [4.69, 9.17) is 4.74 Å². The fraction of sp³-hybridized carbons (Fsp3) is 0.846. The van der Waals surface area contributed by atoms with E-state index in [2.05, 4.69) is 12.2 Å². The SMILES string of the molecule is CC[C@@H]1CCN(C(=O)CNC(=O)OC(C)(C)C)C1. The maximum Gasteiger partial charge on any atom is 0.408 e. The van der Waals surface area contributed by atoms with Crippen molar-refractivity contribution in [2.75, 3.05) is 19.6 Å². The van der Waals surface area contributed by atoms with Crippen LogP contribution in [0.4, 0.5) is 4.79 Å². The first kappa shape index (κ1) is 14.8. The minimum atomic E-state index is -0.540. The number of alkyl carbamates (subject to hydrolysis) is 1. The van der Waals surface area contributed by atoms with Crippen molar-refractivity contribution in [3.05, 3.63) is 0 Å². The summed E-state index contributed by atoms with van der Waals surface area (Å²) >= 11 is 0. The van der Waals surface area contributed by atoms with Gasteiger partial charge in [0.05, 0.1) is 0 Å². The third-order valence-electron chi connectivity index (χ3n) is 3.00. The molecule has 1 aliphatic rings. The van der Waals surface area contributed by atoms with Crippen LogP contribution in [0.5, 0.6) is 0 Å². The summed E-state index contributed by atoms with van der Waals surface area (Å²) in [4.78, 5) is 25.0. The van der Waals surface area contributed by atoms with Crippen LogP contribution in [-0.4, -0.2) is 42.1 Å². The molecule has 1 fully saturated rings. The summed E-state index contributed by atoms with van der Waals surface area (Å²) in [5, 5.41) is 2.50. The molecule has 1 heterocycles. The zero-order chi connectivity index (χ0) is 13.8. The molecule has 0 radical (unpaired) electrons. The van der Waals surface area contributed by atoms with Crippen molar-refractivity contribution in [2.24, 2.45) is 5.92 Å². The van der Waals surface area contributed by atoms with Gasteiger partial charge in [0.1, 0.15) is 12.1 Å². The monoisotopic (exact) mass is 256 g/mol. The van der Waals surface area contributed by atoms with Gasteiger partial charge in [0.25, 0.3) is 0 Å². The third-order valence-corrected chi connectivity index (χ3v) is 3.00. The Hall–Kier alpha value is -1.26. The molecule has 18 heavy (non-hydrogen) atoms. The van der Waals surface area contributed by atoms with Crippen LogP contribution in [0.25, 0.3) is 0 Å². The Balaban J connectivity index is 2.27. The second-order valence-electron chi connectivity index (χ2n) is 5.76. The molecule has 1 aliphatic heterocycles. The molecule has 0 aromatic carbocycles. The molecular formula is C13H24N2O3. The number of carbonyl (C=O) groups excluding carboxylic acids is 2. The molecular weight excluding hydrogens is 232 g/mol. The number of hydrogen-bond donors (Lipinski definition) is 1. The van der Waals surface area contributed by atoms with Crippen LogP contribution in [-0.2, 0) is 9.53 Å². The first-order chi connectivity index (χ1) is 8.31. The highest BCUT2D eigenvalue weighted by Gasteiger charge is 2.25. The number of nitrogens with one attached hydrogen (secondary N) is 1. The summed E-state index contributed by atoms with van der Waals surface area (Å²) in [6, 6.07) is 0. The molecule has 1 atom stereocenters. The highest BCUT2D eigenvalue weighted by Crippen LogP contribution is 2.18. The van der Waals surface area contributed by atoms with Crippen LogP contribution in [0.1, 0.15) is 40.5 Å². The Morgan fingerprint density at radius 1 is 1.39 bits per heavy atom. The molecule has 2 amide bonds. The maximum atomic E-state index is 11.8. The number of amides is 2. The lowest BCUT2D eigenvalue weighted by Gasteiger charge is -2.21. The van der Waals surface area contributed by atoms with Gasteiger partial charge < -0.3 is 15.0 Å². The van der Waals surface area contributed by atoms with Crippen molar-refractivity contribution in [1.82, 2.24) is 10.2 Å². The van der Waals surface area contributed by atoms with Crippen LogP contribution >= 0.6 is 0 Å². The fourth-order valence-electron chi connectivity index (χ4n) is 1.97. The number of nitrogens with zero attached hydrogens (tertiary/aromatic N) is 1. The van der Waals surface area contributed by atoms with Gasteiger partial charge >= 0.3 is 6.09 Å². The minimum absolute atomic E-state index is 0.0192. The van der Waals surface area contributed by atoms with Crippen LogP contribution in [0.2, 0.25) is 0 Å². The van der Waals surface area contributed by atoms with E-state index in [1.807, 2.05) is 4.90 Å². The van der Waals surface area contributed by atoms with Gasteiger partial charge in [0, 0.05) is 13.1 Å². The van der Waals surface area contributed by atoms with Crippen LogP contribution in [0.3, 0.4) is 0 Å².